The summed E-state index contributed by atoms with van der Waals surface area (Å²) in [5.41, 5.74) is 9.69. The Morgan fingerprint density at radius 2 is 1.94 bits per heavy atom. The third kappa shape index (κ3) is 10.0. The number of hydrazine groups is 1. The van der Waals surface area contributed by atoms with Crippen LogP contribution in [0.25, 0.3) is 27.7 Å². The molecule has 3 N–H and O–H groups in total. The van der Waals surface area contributed by atoms with Crippen LogP contribution in [0.2, 0.25) is 0 Å². The van der Waals surface area contributed by atoms with E-state index in [-0.39, 0.29) is 49.1 Å². The molecule has 3 saturated heterocycles. The number of carbonyl (C=O) groups excluding carboxylic acids is 4. The second-order valence-electron chi connectivity index (χ2n) is 19.8. The molecule has 67 heavy (non-hydrogen) atoms. The minimum atomic E-state index is -1.09. The summed E-state index contributed by atoms with van der Waals surface area (Å²) in [5, 5.41) is 11.2. The van der Waals surface area contributed by atoms with Crippen LogP contribution in [0.3, 0.4) is 0 Å². The fourth-order valence-corrected chi connectivity index (χ4v) is 11.0. The lowest BCUT2D eigenvalue weighted by Crippen LogP contribution is -2.63. The first kappa shape index (κ1) is 48.2. The van der Waals surface area contributed by atoms with Crippen molar-refractivity contribution in [1.82, 2.24) is 45.3 Å². The van der Waals surface area contributed by atoms with Crippen LogP contribution < -0.4 is 16.1 Å². The number of aryl methyl sites for hydroxylation is 1. The first-order chi connectivity index (χ1) is 32.0. The van der Waals surface area contributed by atoms with Crippen LogP contribution in [-0.4, -0.2) is 154 Å². The van der Waals surface area contributed by atoms with E-state index in [4.69, 9.17) is 19.6 Å². The topological polar surface area (TPSA) is 196 Å². The lowest BCUT2D eigenvalue weighted by molar-refractivity contribution is -0.835. The fraction of sp³-hybridized carbons (Fsp3) is 0.625. The Hall–Kier alpha value is -5.24. The number of carbonyl (C=O) groups is 4. The number of ether oxygens (including phenoxy) is 1. The normalized spacial score (nSPS) is 24.4. The molecule has 1 aromatic carbocycles. The summed E-state index contributed by atoms with van der Waals surface area (Å²) < 4.78 is 8.21. The maximum atomic E-state index is 14.7. The van der Waals surface area contributed by atoms with Gasteiger partial charge in [-0.1, -0.05) is 33.8 Å². The lowest BCUT2D eigenvalue weighted by Gasteiger charge is -2.42. The van der Waals surface area contributed by atoms with Gasteiger partial charge in [-0.3, -0.25) is 24.4 Å². The molecule has 0 unspecified atom stereocenters. The molecule has 0 aliphatic carbocycles. The number of likely N-dealkylation sites (N-methyl/N-ethyl adjacent to an activating group) is 1. The molecule has 362 valence electrons. The molecule has 7 heterocycles. The molecule has 6 atom stereocenters. The molecule has 3 fully saturated rings. The largest absolute Gasteiger partial charge is 0.375 e. The van der Waals surface area contributed by atoms with E-state index in [1.54, 1.807) is 19.1 Å². The van der Waals surface area contributed by atoms with Gasteiger partial charge in [0.25, 0.3) is 5.91 Å². The number of hydrogen-bond donors (Lipinski definition) is 3. The number of allylic oxidation sites excluding steroid dienone is 1. The van der Waals surface area contributed by atoms with Gasteiger partial charge >= 0.3 is 12.2 Å². The number of benzene rings is 1. The van der Waals surface area contributed by atoms with E-state index in [2.05, 4.69) is 59.6 Å². The first-order valence-corrected chi connectivity index (χ1v) is 24.8. The van der Waals surface area contributed by atoms with Gasteiger partial charge in [0.05, 0.1) is 39.1 Å². The van der Waals surface area contributed by atoms with Crippen LogP contribution in [0.1, 0.15) is 90.4 Å². The van der Waals surface area contributed by atoms with Crippen molar-refractivity contribution in [1.29, 1.82) is 0 Å². The zero-order chi connectivity index (χ0) is 47.9. The molecule has 5 aliphatic rings. The van der Waals surface area contributed by atoms with Gasteiger partial charge < -0.3 is 34.6 Å². The molecule has 3 aromatic rings. The summed E-state index contributed by atoms with van der Waals surface area (Å²) in [6.07, 6.45) is 4.17. The number of aliphatic imine (C=N–C) groups is 1. The summed E-state index contributed by atoms with van der Waals surface area (Å²) in [6, 6.07) is 3.75. The number of piperazine rings is 1. The van der Waals surface area contributed by atoms with Crippen molar-refractivity contribution >= 4 is 57.8 Å². The highest BCUT2D eigenvalue weighted by atomic mass is 32.1. The van der Waals surface area contributed by atoms with Gasteiger partial charge in [-0.05, 0) is 70.1 Å². The Kier molecular flexibility index (Phi) is 14.2. The number of urea groups is 1. The van der Waals surface area contributed by atoms with Crippen LogP contribution in [0.15, 0.2) is 34.3 Å². The van der Waals surface area contributed by atoms with Gasteiger partial charge in [0, 0.05) is 111 Å². The number of amides is 5. The monoisotopic (exact) mass is 943 g/mol. The van der Waals surface area contributed by atoms with Crippen molar-refractivity contribution in [3.05, 3.63) is 50.4 Å². The molecule has 2 aromatic heterocycles. The third-order valence-corrected chi connectivity index (χ3v) is 14.7. The molecular weight excluding hydrogens is 875 g/mol. The average molecular weight is 943 g/mol. The molecular formula is C48H68N11O7S+. The minimum absolute atomic E-state index is 0.0461. The van der Waals surface area contributed by atoms with Crippen molar-refractivity contribution in [2.24, 2.45) is 16.3 Å². The van der Waals surface area contributed by atoms with Crippen LogP contribution in [0.4, 0.5) is 4.79 Å². The second kappa shape index (κ2) is 19.8. The molecule has 8 rings (SSSR count). The van der Waals surface area contributed by atoms with Gasteiger partial charge in [-0.25, -0.2) is 14.6 Å². The van der Waals surface area contributed by atoms with Crippen LogP contribution in [-0.2, 0) is 43.3 Å². The Labute approximate surface area is 397 Å². The maximum Gasteiger partial charge on any atom is 0.326 e. The van der Waals surface area contributed by atoms with Gasteiger partial charge in [0.1, 0.15) is 12.1 Å². The molecule has 19 heteroatoms. The Bertz CT molecular complexity index is 2460. The van der Waals surface area contributed by atoms with Crippen molar-refractivity contribution in [2.45, 2.75) is 130 Å². The summed E-state index contributed by atoms with van der Waals surface area (Å²) in [7, 11) is 3.32. The predicted molar refractivity (Wildman–Crippen MR) is 257 cm³/mol. The van der Waals surface area contributed by atoms with E-state index in [1.807, 2.05) is 44.2 Å². The Morgan fingerprint density at radius 3 is 2.64 bits per heavy atom. The number of rotatable bonds is 9. The van der Waals surface area contributed by atoms with Crippen LogP contribution in [0, 0.1) is 16.2 Å². The van der Waals surface area contributed by atoms with E-state index < -0.39 is 35.5 Å². The number of thiazole rings is 1. The Balaban J connectivity index is 1.13. The highest BCUT2D eigenvalue weighted by molar-refractivity contribution is 7.10. The maximum absolute atomic E-state index is 14.7. The zero-order valence-electron chi connectivity index (χ0n) is 40.5. The minimum Gasteiger partial charge on any atom is -0.375 e. The van der Waals surface area contributed by atoms with Crippen molar-refractivity contribution < 1.29 is 33.7 Å². The van der Waals surface area contributed by atoms with Crippen molar-refractivity contribution in [2.75, 3.05) is 53.5 Å². The SMILES string of the molecule is CCn1c(C2=C([C@H](C)OC)N=CCC2)c2c3cc(ccc31)-c1csc(n1)C[C@H](NC(=O)[C@H](C(C)C)N(C)C(=O)N1CCN(C(=O)[C@H]3CN3)[C@@H](C)C1)C(=O)N1CCC[C@H](N1)[N+](=O)OCC(C)(C)C2. The summed E-state index contributed by atoms with van der Waals surface area (Å²) >= 11 is 1.42. The van der Waals surface area contributed by atoms with E-state index in [1.165, 1.54) is 21.2 Å². The van der Waals surface area contributed by atoms with Crippen molar-refractivity contribution in [3.63, 3.8) is 0 Å². The number of fused-ring (bicyclic) bond motifs is 6. The smallest absolute Gasteiger partial charge is 0.326 e. The Morgan fingerprint density at radius 1 is 1.16 bits per heavy atom. The number of methoxy groups -OCH3 is 1. The summed E-state index contributed by atoms with van der Waals surface area (Å²) in [4.78, 5) is 91.5. The van der Waals surface area contributed by atoms with Crippen LogP contribution in [0.5, 0.6) is 0 Å². The fourth-order valence-electron chi connectivity index (χ4n) is 10.2. The zero-order valence-corrected chi connectivity index (χ0v) is 41.3. The number of nitrogens with one attached hydrogen (secondary N) is 3. The molecule has 0 spiro atoms. The molecule has 6 bridgehead atoms. The average Bonchev–Trinajstić information content (AvgIpc) is 4.00. The summed E-state index contributed by atoms with van der Waals surface area (Å²) in [5.74, 6) is -1.18. The third-order valence-electron chi connectivity index (χ3n) is 13.8. The van der Waals surface area contributed by atoms with Gasteiger partial charge in [0.15, 0.2) is 6.61 Å². The first-order valence-electron chi connectivity index (χ1n) is 23.9. The molecule has 18 nitrogen and oxygen atoms in total. The highest BCUT2D eigenvalue weighted by Gasteiger charge is 2.43. The molecule has 0 saturated carbocycles. The van der Waals surface area contributed by atoms with Crippen LogP contribution >= 0.6 is 11.3 Å². The number of aromatic nitrogens is 2. The predicted octanol–water partition coefficient (Wildman–Crippen LogP) is 4.75. The van der Waals surface area contributed by atoms with E-state index in [0.29, 0.717) is 61.9 Å². The van der Waals surface area contributed by atoms with Crippen molar-refractivity contribution in [3.8, 4) is 11.3 Å². The van der Waals surface area contributed by atoms with E-state index in [9.17, 15) is 24.1 Å². The van der Waals surface area contributed by atoms with Gasteiger partial charge in [-0.15, -0.1) is 11.3 Å². The molecule has 5 amide bonds. The van der Waals surface area contributed by atoms with E-state index >= 15 is 0 Å². The second-order valence-corrected chi connectivity index (χ2v) is 20.8. The number of hydrogen-bond acceptors (Lipinski definition) is 12. The van der Waals surface area contributed by atoms with Gasteiger partial charge in [0.2, 0.25) is 16.7 Å². The molecule has 5 aliphatic heterocycles. The van der Waals surface area contributed by atoms with Gasteiger partial charge in [-0.2, -0.15) is 5.43 Å². The molecule has 0 radical (unpaired) electrons. The van der Waals surface area contributed by atoms with E-state index in [0.717, 1.165) is 64.1 Å². The quantitative estimate of drug-likeness (QED) is 0.252. The lowest BCUT2D eigenvalue weighted by atomic mass is 9.83. The standard InChI is InChI=1S/C48H67N11O7S/c1-10-56-38-16-15-31-21-33(38)34(43(56)32-13-11-17-49-41(32)30(5)65-9)23-48(6,7)27-66-59(64)39-14-12-18-58(53-39)46(62)35(22-40-51-37(31)26-67-40)52-44(60)42(28(2)3)54(8)47(63)55-19-20-57(29(4)25-55)45(61)36-24-50-36/h15-17,21,26,28-30,35-36,39,42,50,53H,10-14,18-20,22-25,27H2,1-9H3/p+1/t29-,30-,35-,36+,39+,42-/m0/s1. The highest BCUT2D eigenvalue weighted by Crippen LogP contribution is 2.42. The number of nitrogens with zero attached hydrogens (tertiary/aromatic N) is 8. The summed E-state index contributed by atoms with van der Waals surface area (Å²) in [6.45, 7) is 16.9.